The van der Waals surface area contributed by atoms with E-state index >= 15 is 0 Å². The molecule has 11 nitrogen and oxygen atoms in total. The van der Waals surface area contributed by atoms with Gasteiger partial charge in [0.1, 0.15) is 16.3 Å². The van der Waals surface area contributed by atoms with Crippen LogP contribution in [0, 0.1) is 10.1 Å². The predicted octanol–water partition coefficient (Wildman–Crippen LogP) is 2.89. The van der Waals surface area contributed by atoms with Gasteiger partial charge in [-0.2, -0.15) is 5.11 Å². The maximum atomic E-state index is 11.8. The molecule has 0 spiro atoms. The van der Waals surface area contributed by atoms with Crippen molar-refractivity contribution in [2.24, 2.45) is 10.2 Å². The molecule has 0 unspecified atom stereocenters. The molecule has 0 bridgehead atoms. The van der Waals surface area contributed by atoms with E-state index < -0.39 is 28.3 Å². The quantitative estimate of drug-likeness (QED) is 0.322. The fraction of sp³-hybridized carbons (Fsp3) is 0.0769. The monoisotopic (exact) mass is 401 g/mol. The van der Waals surface area contributed by atoms with Crippen LogP contribution >= 0.6 is 7.82 Å². The maximum Gasteiger partial charge on any atom is 0.524 e. The molecule has 0 aliphatic carbocycles. The first-order chi connectivity index (χ1) is 12.0. The van der Waals surface area contributed by atoms with Crippen LogP contribution in [0.1, 0.15) is 0 Å². The second kappa shape index (κ2) is 7.30. The van der Waals surface area contributed by atoms with Crippen LogP contribution in [-0.4, -0.2) is 29.4 Å². The van der Waals surface area contributed by atoms with Crippen LogP contribution in [0.25, 0.3) is 0 Å². The first-order valence-electron chi connectivity index (χ1n) is 6.71. The first-order valence-corrected chi connectivity index (χ1v) is 10.1. The van der Waals surface area contributed by atoms with E-state index in [1.807, 2.05) is 0 Å². The summed E-state index contributed by atoms with van der Waals surface area (Å²) in [6.07, 6.45) is 0.888. The summed E-state index contributed by atoms with van der Waals surface area (Å²) in [6, 6.07) is 8.28. The van der Waals surface area contributed by atoms with Crippen molar-refractivity contribution in [1.82, 2.24) is 0 Å². The SMILES string of the molecule is CS(=O)(=O)c1cc([N+](=O)[O-])ccc1N=Nc1ccc(OP(=O)(O)O)cc1. The topological polar surface area (TPSA) is 169 Å². The Morgan fingerprint density at radius 3 is 2.23 bits per heavy atom. The maximum absolute atomic E-state index is 11.8. The molecule has 0 heterocycles. The summed E-state index contributed by atoms with van der Waals surface area (Å²) in [5.41, 5.74) is -0.252. The zero-order valence-corrected chi connectivity index (χ0v) is 14.8. The molecule has 0 atom stereocenters. The molecular weight excluding hydrogens is 389 g/mol. The van der Waals surface area contributed by atoms with E-state index in [9.17, 15) is 23.1 Å². The minimum absolute atomic E-state index is 0.0892. The second-order valence-corrected chi connectivity index (χ2v) is 8.10. The third-order valence-corrected chi connectivity index (χ3v) is 4.46. The van der Waals surface area contributed by atoms with E-state index in [2.05, 4.69) is 14.8 Å². The lowest BCUT2D eigenvalue weighted by Crippen LogP contribution is -1.99. The lowest BCUT2D eigenvalue weighted by atomic mass is 10.3. The smallest absolute Gasteiger partial charge is 0.404 e. The van der Waals surface area contributed by atoms with E-state index in [0.717, 1.165) is 24.5 Å². The Hall–Kier alpha value is -2.66. The number of nitro groups is 1. The van der Waals surface area contributed by atoms with Gasteiger partial charge in [-0.05, 0) is 30.3 Å². The van der Waals surface area contributed by atoms with Crippen LogP contribution in [0.5, 0.6) is 5.75 Å². The number of non-ortho nitro benzene ring substituents is 1. The minimum Gasteiger partial charge on any atom is -0.404 e. The number of hydrogen-bond donors (Lipinski definition) is 2. The summed E-state index contributed by atoms with van der Waals surface area (Å²) in [4.78, 5) is 27.1. The number of phosphoric acid groups is 1. The lowest BCUT2D eigenvalue weighted by molar-refractivity contribution is -0.385. The number of hydrogen-bond acceptors (Lipinski definition) is 8. The zero-order chi connectivity index (χ0) is 19.5. The fourth-order valence-corrected chi connectivity index (χ4v) is 3.04. The van der Waals surface area contributed by atoms with Gasteiger partial charge in [-0.1, -0.05) is 0 Å². The Morgan fingerprint density at radius 1 is 1.12 bits per heavy atom. The molecule has 0 radical (unpaired) electrons. The molecule has 0 amide bonds. The average Bonchev–Trinajstić information content (AvgIpc) is 2.51. The summed E-state index contributed by atoms with van der Waals surface area (Å²) < 4.78 is 38.7. The van der Waals surface area contributed by atoms with Gasteiger partial charge in [0.25, 0.3) is 5.69 Å². The molecule has 26 heavy (non-hydrogen) atoms. The molecule has 0 aliphatic heterocycles. The number of sulfone groups is 1. The molecule has 2 aromatic rings. The molecule has 2 rings (SSSR count). The molecule has 138 valence electrons. The summed E-state index contributed by atoms with van der Waals surface area (Å²) in [5, 5.41) is 18.4. The predicted molar refractivity (Wildman–Crippen MR) is 89.5 cm³/mol. The lowest BCUT2D eigenvalue weighted by Gasteiger charge is -2.06. The van der Waals surface area contributed by atoms with Crippen LogP contribution in [-0.2, 0) is 14.4 Å². The van der Waals surface area contributed by atoms with Crippen molar-refractivity contribution in [3.8, 4) is 5.75 Å². The van der Waals surface area contributed by atoms with Gasteiger partial charge in [0.15, 0.2) is 9.84 Å². The van der Waals surface area contributed by atoms with Gasteiger partial charge in [0.05, 0.1) is 10.6 Å². The Bertz CT molecular complexity index is 1010. The van der Waals surface area contributed by atoms with Gasteiger partial charge in [0.2, 0.25) is 0 Å². The standard InChI is InChI=1S/C13H12N3O8PS/c1-26(22,23)13-8-10(16(17)18)4-7-12(13)15-14-9-2-5-11(6-3-9)24-25(19,20)21/h2-8H,1H3,(H2,19,20,21). The van der Waals surface area contributed by atoms with Crippen LogP contribution in [0.3, 0.4) is 0 Å². The zero-order valence-electron chi connectivity index (χ0n) is 13.1. The third kappa shape index (κ3) is 5.43. The molecule has 0 saturated heterocycles. The fourth-order valence-electron chi connectivity index (χ4n) is 1.82. The highest BCUT2D eigenvalue weighted by atomic mass is 32.2. The van der Waals surface area contributed by atoms with Crippen molar-refractivity contribution in [1.29, 1.82) is 0 Å². The first kappa shape index (κ1) is 19.7. The van der Waals surface area contributed by atoms with Crippen molar-refractivity contribution < 1.29 is 32.2 Å². The normalized spacial score (nSPS) is 12.3. The van der Waals surface area contributed by atoms with Crippen molar-refractivity contribution in [3.63, 3.8) is 0 Å². The molecule has 13 heteroatoms. The summed E-state index contributed by atoms with van der Waals surface area (Å²) in [7, 11) is -8.47. The van der Waals surface area contributed by atoms with Gasteiger partial charge < -0.3 is 4.52 Å². The van der Waals surface area contributed by atoms with Crippen molar-refractivity contribution in [3.05, 3.63) is 52.6 Å². The van der Waals surface area contributed by atoms with Gasteiger partial charge >= 0.3 is 7.82 Å². The number of nitro benzene ring substituents is 1. The van der Waals surface area contributed by atoms with E-state index in [4.69, 9.17) is 9.79 Å². The molecule has 2 aromatic carbocycles. The van der Waals surface area contributed by atoms with Crippen LogP contribution < -0.4 is 4.52 Å². The van der Waals surface area contributed by atoms with Crippen molar-refractivity contribution in [2.75, 3.05) is 6.26 Å². The van der Waals surface area contributed by atoms with Crippen LogP contribution in [0.15, 0.2) is 57.6 Å². The summed E-state index contributed by atoms with van der Waals surface area (Å²) >= 11 is 0. The van der Waals surface area contributed by atoms with E-state index in [0.29, 0.717) is 0 Å². The van der Waals surface area contributed by atoms with Gasteiger partial charge in [0, 0.05) is 18.4 Å². The van der Waals surface area contributed by atoms with Crippen molar-refractivity contribution in [2.45, 2.75) is 4.90 Å². The number of rotatable bonds is 6. The highest BCUT2D eigenvalue weighted by Crippen LogP contribution is 2.38. The Balaban J connectivity index is 2.33. The van der Waals surface area contributed by atoms with Crippen molar-refractivity contribution >= 4 is 34.7 Å². The number of nitrogens with zero attached hydrogens (tertiary/aromatic N) is 3. The van der Waals surface area contributed by atoms with Gasteiger partial charge in [-0.25, -0.2) is 13.0 Å². The Labute approximate surface area is 147 Å². The molecule has 2 N–H and O–H groups in total. The molecule has 0 aliphatic rings. The largest absolute Gasteiger partial charge is 0.524 e. The second-order valence-electron chi connectivity index (χ2n) is 4.96. The highest BCUT2D eigenvalue weighted by Gasteiger charge is 2.18. The molecular formula is C13H12N3O8PS. The van der Waals surface area contributed by atoms with E-state index in [-0.39, 0.29) is 22.0 Å². The van der Waals surface area contributed by atoms with Crippen LogP contribution in [0.4, 0.5) is 17.1 Å². The van der Waals surface area contributed by atoms with Crippen LogP contribution in [0.2, 0.25) is 0 Å². The number of phosphoric ester groups is 1. The minimum atomic E-state index is -4.68. The number of azo groups is 1. The third-order valence-electron chi connectivity index (χ3n) is 2.89. The van der Waals surface area contributed by atoms with E-state index in [1.165, 1.54) is 24.3 Å². The molecule has 0 aromatic heterocycles. The highest BCUT2D eigenvalue weighted by molar-refractivity contribution is 7.90. The summed E-state index contributed by atoms with van der Waals surface area (Å²) in [6.45, 7) is 0. The van der Waals surface area contributed by atoms with E-state index in [1.54, 1.807) is 0 Å². The number of benzene rings is 2. The summed E-state index contributed by atoms with van der Waals surface area (Å²) in [5.74, 6) is -0.0931. The molecule has 0 saturated carbocycles. The molecule has 0 fully saturated rings. The van der Waals surface area contributed by atoms with Gasteiger partial charge in [-0.15, -0.1) is 5.11 Å². The Morgan fingerprint density at radius 2 is 1.73 bits per heavy atom. The van der Waals surface area contributed by atoms with Gasteiger partial charge in [-0.3, -0.25) is 19.9 Å². The Kier molecular flexibility index (Phi) is 5.52. The average molecular weight is 401 g/mol.